The predicted octanol–water partition coefficient (Wildman–Crippen LogP) is 5.23. The van der Waals surface area contributed by atoms with Gasteiger partial charge in [-0.05, 0) is 42.0 Å². The van der Waals surface area contributed by atoms with Gasteiger partial charge in [0.1, 0.15) is 5.82 Å². The predicted molar refractivity (Wildman–Crippen MR) is 82.2 cm³/mol. The SMILES string of the molecule is Nc1ccc(Br)cc1SCc1cc(F)cc(Br)c1. The van der Waals surface area contributed by atoms with E-state index in [2.05, 4.69) is 31.9 Å². The van der Waals surface area contributed by atoms with E-state index >= 15 is 0 Å². The molecule has 0 heterocycles. The molecule has 2 aromatic carbocycles. The Morgan fingerprint density at radius 2 is 1.83 bits per heavy atom. The molecule has 0 unspecified atom stereocenters. The first-order valence-corrected chi connectivity index (χ1v) is 7.74. The summed E-state index contributed by atoms with van der Waals surface area (Å²) in [6.45, 7) is 0. The van der Waals surface area contributed by atoms with Crippen molar-refractivity contribution in [3.63, 3.8) is 0 Å². The number of hydrogen-bond donors (Lipinski definition) is 1. The zero-order valence-corrected chi connectivity index (χ0v) is 13.3. The Morgan fingerprint density at radius 1 is 1.06 bits per heavy atom. The first kappa shape index (κ1) is 13.9. The lowest BCUT2D eigenvalue weighted by Gasteiger charge is -2.06. The fourth-order valence-corrected chi connectivity index (χ4v) is 3.45. The highest BCUT2D eigenvalue weighted by Gasteiger charge is 2.04. The molecule has 0 aromatic heterocycles. The van der Waals surface area contributed by atoms with Crippen LogP contribution in [0.3, 0.4) is 0 Å². The van der Waals surface area contributed by atoms with Gasteiger partial charge in [0.2, 0.25) is 0 Å². The van der Waals surface area contributed by atoms with Crippen LogP contribution in [0.1, 0.15) is 5.56 Å². The molecule has 0 radical (unpaired) electrons. The molecule has 0 amide bonds. The fourth-order valence-electron chi connectivity index (χ4n) is 1.49. The van der Waals surface area contributed by atoms with Crippen LogP contribution in [0.25, 0.3) is 0 Å². The number of rotatable bonds is 3. The Morgan fingerprint density at radius 3 is 2.56 bits per heavy atom. The van der Waals surface area contributed by atoms with Gasteiger partial charge in [0.05, 0.1) is 0 Å². The van der Waals surface area contributed by atoms with Crippen LogP contribution in [0.2, 0.25) is 0 Å². The summed E-state index contributed by atoms with van der Waals surface area (Å²) < 4.78 is 15.0. The molecule has 0 spiro atoms. The molecule has 2 aromatic rings. The van der Waals surface area contributed by atoms with Gasteiger partial charge in [0.15, 0.2) is 0 Å². The van der Waals surface area contributed by atoms with Crippen LogP contribution in [0, 0.1) is 5.82 Å². The van der Waals surface area contributed by atoms with Crippen molar-refractivity contribution in [2.24, 2.45) is 0 Å². The highest BCUT2D eigenvalue weighted by atomic mass is 79.9. The molecular formula is C13H10Br2FNS. The number of thioether (sulfide) groups is 1. The molecule has 0 bridgehead atoms. The van der Waals surface area contributed by atoms with Gasteiger partial charge in [-0.15, -0.1) is 11.8 Å². The zero-order chi connectivity index (χ0) is 13.1. The molecule has 2 rings (SSSR count). The average molecular weight is 391 g/mol. The Kier molecular flexibility index (Phi) is 4.70. The molecule has 0 aliphatic rings. The van der Waals surface area contributed by atoms with Crippen LogP contribution < -0.4 is 5.73 Å². The van der Waals surface area contributed by atoms with Crippen LogP contribution in [-0.4, -0.2) is 0 Å². The number of nitrogens with two attached hydrogens (primary N) is 1. The van der Waals surface area contributed by atoms with Gasteiger partial charge in [0, 0.05) is 25.3 Å². The Hall–Kier alpha value is -0.520. The molecule has 18 heavy (non-hydrogen) atoms. The van der Waals surface area contributed by atoms with Gasteiger partial charge in [-0.2, -0.15) is 0 Å². The summed E-state index contributed by atoms with van der Waals surface area (Å²) in [7, 11) is 0. The van der Waals surface area contributed by atoms with E-state index in [1.54, 1.807) is 11.8 Å². The monoisotopic (exact) mass is 389 g/mol. The Balaban J connectivity index is 2.13. The Bertz CT molecular complexity index is 555. The lowest BCUT2D eigenvalue weighted by atomic mass is 10.2. The van der Waals surface area contributed by atoms with Crippen LogP contribution in [0.4, 0.5) is 10.1 Å². The van der Waals surface area contributed by atoms with Gasteiger partial charge in [0.25, 0.3) is 0 Å². The lowest BCUT2D eigenvalue weighted by Crippen LogP contribution is -1.89. The van der Waals surface area contributed by atoms with Gasteiger partial charge in [-0.25, -0.2) is 4.39 Å². The smallest absolute Gasteiger partial charge is 0.124 e. The summed E-state index contributed by atoms with van der Waals surface area (Å²) in [5, 5.41) is 0. The number of hydrogen-bond acceptors (Lipinski definition) is 2. The minimum absolute atomic E-state index is 0.234. The van der Waals surface area contributed by atoms with E-state index in [9.17, 15) is 4.39 Å². The average Bonchev–Trinajstić information content (AvgIpc) is 2.29. The van der Waals surface area contributed by atoms with Crippen molar-refractivity contribution in [2.75, 3.05) is 5.73 Å². The molecule has 1 nitrogen and oxygen atoms in total. The minimum Gasteiger partial charge on any atom is -0.398 e. The second kappa shape index (κ2) is 6.08. The van der Waals surface area contributed by atoms with Gasteiger partial charge in [-0.3, -0.25) is 0 Å². The third-order valence-corrected chi connectivity index (χ3v) is 4.39. The maximum absolute atomic E-state index is 13.2. The second-order valence-electron chi connectivity index (χ2n) is 3.75. The third kappa shape index (κ3) is 3.73. The quantitative estimate of drug-likeness (QED) is 0.573. The van der Waals surface area contributed by atoms with Crippen LogP contribution in [-0.2, 0) is 5.75 Å². The van der Waals surface area contributed by atoms with Crippen LogP contribution >= 0.6 is 43.6 Å². The van der Waals surface area contributed by atoms with E-state index in [1.807, 2.05) is 24.3 Å². The van der Waals surface area contributed by atoms with E-state index in [1.165, 1.54) is 12.1 Å². The molecular weight excluding hydrogens is 381 g/mol. The molecule has 0 saturated carbocycles. The molecule has 0 aliphatic heterocycles. The van der Waals surface area contributed by atoms with Crippen molar-refractivity contribution in [1.29, 1.82) is 0 Å². The van der Waals surface area contributed by atoms with E-state index in [0.717, 1.165) is 25.1 Å². The standard InChI is InChI=1S/C13H10Br2FNS/c14-9-1-2-12(17)13(6-9)18-7-8-3-10(15)5-11(16)4-8/h1-6H,7,17H2. The van der Waals surface area contributed by atoms with Crippen molar-refractivity contribution in [2.45, 2.75) is 10.6 Å². The first-order chi connectivity index (χ1) is 8.54. The second-order valence-corrected chi connectivity index (χ2v) is 6.60. The van der Waals surface area contributed by atoms with Crippen molar-refractivity contribution in [1.82, 2.24) is 0 Å². The number of anilines is 1. The highest BCUT2D eigenvalue weighted by Crippen LogP contribution is 2.31. The van der Waals surface area contributed by atoms with Crippen molar-refractivity contribution in [3.05, 3.63) is 56.7 Å². The molecule has 0 fully saturated rings. The maximum Gasteiger partial charge on any atom is 0.124 e. The van der Waals surface area contributed by atoms with E-state index < -0.39 is 0 Å². The van der Waals surface area contributed by atoms with Gasteiger partial charge < -0.3 is 5.73 Å². The number of halogens is 3. The van der Waals surface area contributed by atoms with Crippen molar-refractivity contribution in [3.8, 4) is 0 Å². The van der Waals surface area contributed by atoms with E-state index in [4.69, 9.17) is 5.73 Å². The molecule has 0 saturated heterocycles. The van der Waals surface area contributed by atoms with Crippen LogP contribution in [0.5, 0.6) is 0 Å². The summed E-state index contributed by atoms with van der Waals surface area (Å²) in [6, 6.07) is 10.6. The van der Waals surface area contributed by atoms with Crippen molar-refractivity contribution < 1.29 is 4.39 Å². The van der Waals surface area contributed by atoms with Gasteiger partial charge in [-0.1, -0.05) is 31.9 Å². The highest BCUT2D eigenvalue weighted by molar-refractivity contribution is 9.10. The summed E-state index contributed by atoms with van der Waals surface area (Å²) in [5.74, 6) is 0.444. The van der Waals surface area contributed by atoms with Crippen LogP contribution in [0.15, 0.2) is 50.2 Å². The summed E-state index contributed by atoms with van der Waals surface area (Å²) in [6.07, 6.45) is 0. The molecule has 2 N–H and O–H groups in total. The maximum atomic E-state index is 13.2. The molecule has 0 aliphatic carbocycles. The number of benzene rings is 2. The molecule has 94 valence electrons. The fraction of sp³-hybridized carbons (Fsp3) is 0.0769. The van der Waals surface area contributed by atoms with Gasteiger partial charge >= 0.3 is 0 Å². The topological polar surface area (TPSA) is 26.0 Å². The summed E-state index contributed by atoms with van der Waals surface area (Å²) in [5.41, 5.74) is 7.55. The number of nitrogen functional groups attached to an aromatic ring is 1. The lowest BCUT2D eigenvalue weighted by molar-refractivity contribution is 0.625. The normalized spacial score (nSPS) is 10.6. The minimum atomic E-state index is -0.234. The van der Waals surface area contributed by atoms with E-state index in [-0.39, 0.29) is 5.82 Å². The summed E-state index contributed by atoms with van der Waals surface area (Å²) in [4.78, 5) is 0.991. The zero-order valence-electron chi connectivity index (χ0n) is 9.29. The molecule has 0 atom stereocenters. The largest absolute Gasteiger partial charge is 0.398 e. The molecule has 5 heteroatoms. The third-order valence-electron chi connectivity index (χ3n) is 2.29. The Labute approximate surface area is 126 Å². The first-order valence-electron chi connectivity index (χ1n) is 5.17. The van der Waals surface area contributed by atoms with Crippen molar-refractivity contribution >= 4 is 49.3 Å². The summed E-state index contributed by atoms with van der Waals surface area (Å²) >= 11 is 8.28. The van der Waals surface area contributed by atoms with E-state index in [0.29, 0.717) is 5.75 Å².